The van der Waals surface area contributed by atoms with Crippen molar-refractivity contribution in [3.63, 3.8) is 0 Å². The summed E-state index contributed by atoms with van der Waals surface area (Å²) in [4.78, 5) is 4.32. The monoisotopic (exact) mass is 297 g/mol. The first-order valence-corrected chi connectivity index (χ1v) is 6.20. The van der Waals surface area contributed by atoms with Crippen LogP contribution in [-0.4, -0.2) is 9.97 Å². The van der Waals surface area contributed by atoms with Gasteiger partial charge in [-0.3, -0.25) is 4.98 Å². The van der Waals surface area contributed by atoms with E-state index in [1.54, 1.807) is 24.4 Å². The van der Waals surface area contributed by atoms with Crippen molar-refractivity contribution in [1.82, 2.24) is 4.98 Å². The van der Waals surface area contributed by atoms with Crippen molar-refractivity contribution in [3.05, 3.63) is 52.3 Å². The normalized spacial score (nSPS) is 10.1. The van der Waals surface area contributed by atoms with Gasteiger partial charge in [-0.15, -0.1) is 0 Å². The van der Waals surface area contributed by atoms with Crippen LogP contribution in [0.25, 0.3) is 0 Å². The summed E-state index contributed by atoms with van der Waals surface area (Å²) in [5.41, 5.74) is 7.74. The summed E-state index contributed by atoms with van der Waals surface area (Å²) in [6, 6.07) is 8.87. The SMILES string of the molecule is NC(=S)c1cc(Nc2ccc(Cl)c(Cl)c2)ccn1. The predicted molar refractivity (Wildman–Crippen MR) is 79.9 cm³/mol. The molecule has 0 unspecified atom stereocenters. The average Bonchev–Trinajstić information content (AvgIpc) is 2.34. The highest BCUT2D eigenvalue weighted by atomic mass is 35.5. The number of aromatic nitrogens is 1. The minimum Gasteiger partial charge on any atom is -0.388 e. The Hall–Kier alpha value is -1.36. The summed E-state index contributed by atoms with van der Waals surface area (Å²) in [6.45, 7) is 0. The summed E-state index contributed by atoms with van der Waals surface area (Å²) in [7, 11) is 0. The van der Waals surface area contributed by atoms with Crippen LogP contribution in [0.1, 0.15) is 5.69 Å². The first kappa shape index (κ1) is 13.1. The van der Waals surface area contributed by atoms with Gasteiger partial charge in [-0.25, -0.2) is 0 Å². The summed E-state index contributed by atoms with van der Waals surface area (Å²) in [5.74, 6) is 0. The van der Waals surface area contributed by atoms with E-state index in [1.165, 1.54) is 0 Å². The fourth-order valence-electron chi connectivity index (χ4n) is 1.38. The zero-order valence-corrected chi connectivity index (χ0v) is 11.5. The smallest absolute Gasteiger partial charge is 0.122 e. The molecule has 0 aliphatic heterocycles. The first-order chi connectivity index (χ1) is 8.56. The van der Waals surface area contributed by atoms with E-state index >= 15 is 0 Å². The molecule has 0 aliphatic rings. The topological polar surface area (TPSA) is 50.9 Å². The number of hydrogen-bond acceptors (Lipinski definition) is 3. The number of rotatable bonds is 3. The van der Waals surface area contributed by atoms with Gasteiger partial charge in [-0.2, -0.15) is 0 Å². The number of benzene rings is 1. The number of hydrogen-bond donors (Lipinski definition) is 2. The Morgan fingerprint density at radius 3 is 2.50 bits per heavy atom. The molecule has 3 N–H and O–H groups in total. The van der Waals surface area contributed by atoms with Gasteiger partial charge < -0.3 is 11.1 Å². The fraction of sp³-hybridized carbons (Fsp3) is 0. The minimum absolute atomic E-state index is 0.257. The molecule has 0 saturated carbocycles. The van der Waals surface area contributed by atoms with Gasteiger partial charge in [-0.1, -0.05) is 35.4 Å². The third-order valence-corrected chi connectivity index (χ3v) is 3.17. The predicted octanol–water partition coefficient (Wildman–Crippen LogP) is 3.77. The van der Waals surface area contributed by atoms with Gasteiger partial charge in [0.05, 0.1) is 15.7 Å². The van der Waals surface area contributed by atoms with Crippen LogP contribution in [0.15, 0.2) is 36.5 Å². The standard InChI is InChI=1S/C12H9Cl2N3S/c13-9-2-1-7(5-10(9)14)17-8-3-4-16-11(6-8)12(15)18/h1-6H,(H2,15,18)(H,16,17). The Morgan fingerprint density at radius 1 is 1.11 bits per heavy atom. The molecule has 0 radical (unpaired) electrons. The molecular formula is C12H9Cl2N3S. The van der Waals surface area contributed by atoms with E-state index in [2.05, 4.69) is 10.3 Å². The lowest BCUT2D eigenvalue weighted by Gasteiger charge is -2.08. The van der Waals surface area contributed by atoms with Crippen molar-refractivity contribution >= 4 is 51.8 Å². The number of nitrogens with zero attached hydrogens (tertiary/aromatic N) is 1. The van der Waals surface area contributed by atoms with E-state index in [-0.39, 0.29) is 4.99 Å². The molecule has 2 rings (SSSR count). The van der Waals surface area contributed by atoms with Gasteiger partial charge in [0.2, 0.25) is 0 Å². The van der Waals surface area contributed by atoms with Crippen molar-refractivity contribution in [2.24, 2.45) is 5.73 Å². The summed E-state index contributed by atoms with van der Waals surface area (Å²) in [5, 5.41) is 4.17. The maximum absolute atomic E-state index is 5.94. The Bertz CT molecular complexity index is 602. The van der Waals surface area contributed by atoms with E-state index in [4.69, 9.17) is 41.2 Å². The number of halogens is 2. The lowest BCUT2D eigenvalue weighted by molar-refractivity contribution is 1.29. The van der Waals surface area contributed by atoms with E-state index in [1.807, 2.05) is 12.1 Å². The molecule has 0 fully saturated rings. The zero-order chi connectivity index (χ0) is 13.1. The highest BCUT2D eigenvalue weighted by Gasteiger charge is 2.02. The van der Waals surface area contributed by atoms with Crippen LogP contribution in [0, 0.1) is 0 Å². The van der Waals surface area contributed by atoms with Gasteiger partial charge in [0.15, 0.2) is 0 Å². The average molecular weight is 298 g/mol. The molecule has 0 amide bonds. The maximum atomic E-state index is 5.94. The minimum atomic E-state index is 0.257. The molecule has 3 nitrogen and oxygen atoms in total. The Morgan fingerprint density at radius 2 is 1.83 bits per heavy atom. The third-order valence-electron chi connectivity index (χ3n) is 2.22. The molecule has 0 saturated heterocycles. The number of pyridine rings is 1. The second kappa shape index (κ2) is 5.52. The largest absolute Gasteiger partial charge is 0.388 e. The molecule has 0 bridgehead atoms. The van der Waals surface area contributed by atoms with Gasteiger partial charge in [0.1, 0.15) is 4.99 Å². The van der Waals surface area contributed by atoms with Crippen LogP contribution in [0.2, 0.25) is 10.0 Å². The van der Waals surface area contributed by atoms with Gasteiger partial charge in [-0.05, 0) is 30.3 Å². The van der Waals surface area contributed by atoms with Crippen molar-refractivity contribution < 1.29 is 0 Å². The number of nitrogens with one attached hydrogen (secondary N) is 1. The van der Waals surface area contributed by atoms with E-state index in [9.17, 15) is 0 Å². The molecule has 1 aromatic carbocycles. The van der Waals surface area contributed by atoms with Crippen molar-refractivity contribution in [3.8, 4) is 0 Å². The fourth-order valence-corrected chi connectivity index (χ4v) is 1.79. The second-order valence-corrected chi connectivity index (χ2v) is 4.80. The van der Waals surface area contributed by atoms with E-state index in [0.717, 1.165) is 11.4 Å². The molecule has 18 heavy (non-hydrogen) atoms. The van der Waals surface area contributed by atoms with Crippen LogP contribution >= 0.6 is 35.4 Å². The molecular weight excluding hydrogens is 289 g/mol. The van der Waals surface area contributed by atoms with E-state index < -0.39 is 0 Å². The molecule has 6 heteroatoms. The third kappa shape index (κ3) is 3.10. The van der Waals surface area contributed by atoms with Crippen LogP contribution < -0.4 is 11.1 Å². The summed E-state index contributed by atoms with van der Waals surface area (Å²) in [6.07, 6.45) is 1.63. The zero-order valence-electron chi connectivity index (χ0n) is 9.15. The summed E-state index contributed by atoms with van der Waals surface area (Å²) < 4.78 is 0. The molecule has 2 aromatic rings. The number of nitrogens with two attached hydrogens (primary N) is 1. The Labute approximate surface area is 120 Å². The van der Waals surface area contributed by atoms with Crippen molar-refractivity contribution in [1.29, 1.82) is 0 Å². The lowest BCUT2D eigenvalue weighted by Crippen LogP contribution is -2.11. The molecule has 0 spiro atoms. The van der Waals surface area contributed by atoms with Crippen LogP contribution in [0.5, 0.6) is 0 Å². The highest BCUT2D eigenvalue weighted by Crippen LogP contribution is 2.26. The van der Waals surface area contributed by atoms with Crippen molar-refractivity contribution in [2.75, 3.05) is 5.32 Å². The molecule has 1 heterocycles. The van der Waals surface area contributed by atoms with Gasteiger partial charge in [0.25, 0.3) is 0 Å². The van der Waals surface area contributed by atoms with Crippen LogP contribution in [0.3, 0.4) is 0 Å². The second-order valence-electron chi connectivity index (χ2n) is 3.55. The quantitative estimate of drug-likeness (QED) is 0.847. The first-order valence-electron chi connectivity index (χ1n) is 5.04. The summed E-state index contributed by atoms with van der Waals surface area (Å²) >= 11 is 16.7. The molecule has 1 aromatic heterocycles. The Kier molecular flexibility index (Phi) is 4.01. The Balaban J connectivity index is 2.25. The number of anilines is 2. The van der Waals surface area contributed by atoms with Crippen LogP contribution in [-0.2, 0) is 0 Å². The van der Waals surface area contributed by atoms with Gasteiger partial charge in [0, 0.05) is 17.6 Å². The number of thiocarbonyl (C=S) groups is 1. The van der Waals surface area contributed by atoms with Crippen molar-refractivity contribution in [2.45, 2.75) is 0 Å². The van der Waals surface area contributed by atoms with Crippen LogP contribution in [0.4, 0.5) is 11.4 Å². The maximum Gasteiger partial charge on any atom is 0.122 e. The van der Waals surface area contributed by atoms with Gasteiger partial charge >= 0.3 is 0 Å². The molecule has 92 valence electrons. The highest BCUT2D eigenvalue weighted by molar-refractivity contribution is 7.80. The van der Waals surface area contributed by atoms with E-state index in [0.29, 0.717) is 15.7 Å². The molecule has 0 atom stereocenters. The molecule has 0 aliphatic carbocycles. The lowest BCUT2D eigenvalue weighted by atomic mass is 10.2.